The van der Waals surface area contributed by atoms with Crippen LogP contribution in [0.25, 0.3) is 0 Å². The first kappa shape index (κ1) is 18.6. The Balaban J connectivity index is 2.11. The molecule has 0 atom stereocenters. The van der Waals surface area contributed by atoms with Crippen molar-refractivity contribution in [3.8, 4) is 0 Å². The lowest BCUT2D eigenvalue weighted by molar-refractivity contribution is -0.120. The van der Waals surface area contributed by atoms with Crippen LogP contribution in [0.4, 0.5) is 14.5 Å². The third-order valence-corrected chi connectivity index (χ3v) is 5.24. The third-order valence-electron chi connectivity index (χ3n) is 4.10. The Morgan fingerprint density at radius 3 is 2.33 bits per heavy atom. The number of amides is 1. The van der Waals surface area contributed by atoms with E-state index in [1.165, 1.54) is 0 Å². The average Bonchev–Trinajstić information content (AvgIpc) is 2.75. The Morgan fingerprint density at radius 1 is 1.17 bits per heavy atom. The third kappa shape index (κ3) is 5.15. The van der Waals surface area contributed by atoms with Crippen LogP contribution < -0.4 is 9.62 Å². The van der Waals surface area contributed by atoms with Crippen LogP contribution in [0.5, 0.6) is 0 Å². The molecular weight excluding hydrogens is 338 g/mol. The fraction of sp³-hybridized carbons (Fsp3) is 0.562. The van der Waals surface area contributed by atoms with E-state index in [1.807, 2.05) is 0 Å². The number of anilines is 1. The van der Waals surface area contributed by atoms with Crippen LogP contribution in [0.1, 0.15) is 38.5 Å². The van der Waals surface area contributed by atoms with E-state index in [1.54, 1.807) is 0 Å². The molecule has 0 radical (unpaired) electrons. The fourth-order valence-corrected chi connectivity index (χ4v) is 3.72. The first-order chi connectivity index (χ1) is 11.3. The van der Waals surface area contributed by atoms with Crippen molar-refractivity contribution >= 4 is 21.6 Å². The minimum Gasteiger partial charge on any atom is -0.352 e. The second-order valence-electron chi connectivity index (χ2n) is 6.12. The summed E-state index contributed by atoms with van der Waals surface area (Å²) in [4.78, 5) is 12.2. The van der Waals surface area contributed by atoms with Gasteiger partial charge in [-0.3, -0.25) is 9.10 Å². The highest BCUT2D eigenvalue weighted by molar-refractivity contribution is 7.92. The maximum atomic E-state index is 13.4. The maximum Gasteiger partial charge on any atom is 0.240 e. The number of carbonyl (C=O) groups is 1. The highest BCUT2D eigenvalue weighted by Crippen LogP contribution is 2.21. The number of hydrogen-bond donors (Lipinski definition) is 1. The number of nitrogens with zero attached hydrogens (tertiary/aromatic N) is 1. The number of carbonyl (C=O) groups excluding carboxylic acids is 1. The van der Waals surface area contributed by atoms with Crippen molar-refractivity contribution in [3.63, 3.8) is 0 Å². The second-order valence-corrected chi connectivity index (χ2v) is 8.03. The van der Waals surface area contributed by atoms with Crippen LogP contribution in [0.2, 0.25) is 0 Å². The first-order valence-electron chi connectivity index (χ1n) is 7.99. The van der Waals surface area contributed by atoms with Crippen LogP contribution in [0.3, 0.4) is 0 Å². The average molecular weight is 360 g/mol. The Kier molecular flexibility index (Phi) is 6.15. The molecule has 1 aliphatic rings. The molecule has 1 aromatic carbocycles. The summed E-state index contributed by atoms with van der Waals surface area (Å²) in [6.07, 6.45) is 7.00. The largest absolute Gasteiger partial charge is 0.352 e. The molecule has 0 aromatic heterocycles. The molecule has 8 heteroatoms. The highest BCUT2D eigenvalue weighted by Gasteiger charge is 2.23. The lowest BCUT2D eigenvalue weighted by Crippen LogP contribution is -2.44. The maximum absolute atomic E-state index is 13.4. The van der Waals surface area contributed by atoms with Crippen LogP contribution >= 0.6 is 0 Å². The number of nitrogens with one attached hydrogen (secondary N) is 1. The molecule has 134 valence electrons. The molecule has 0 saturated heterocycles. The van der Waals surface area contributed by atoms with Gasteiger partial charge in [-0.25, -0.2) is 17.2 Å². The smallest absolute Gasteiger partial charge is 0.240 e. The number of halogens is 2. The normalized spacial score (nSPS) is 16.5. The lowest BCUT2D eigenvalue weighted by atomic mass is 10.1. The molecule has 1 saturated carbocycles. The molecule has 2 rings (SSSR count). The van der Waals surface area contributed by atoms with Crippen molar-refractivity contribution in [2.75, 3.05) is 17.1 Å². The van der Waals surface area contributed by atoms with Gasteiger partial charge in [0.05, 0.1) is 11.9 Å². The van der Waals surface area contributed by atoms with Gasteiger partial charge in [0, 0.05) is 12.1 Å². The number of rotatable bonds is 5. The molecule has 5 nitrogen and oxygen atoms in total. The van der Waals surface area contributed by atoms with Gasteiger partial charge in [0.25, 0.3) is 0 Å². The molecular formula is C16H22F2N2O3S. The lowest BCUT2D eigenvalue weighted by Gasteiger charge is -2.24. The molecule has 0 unspecified atom stereocenters. The summed E-state index contributed by atoms with van der Waals surface area (Å²) in [7, 11) is -3.81. The van der Waals surface area contributed by atoms with Crippen LogP contribution in [0.15, 0.2) is 18.2 Å². The van der Waals surface area contributed by atoms with Gasteiger partial charge in [0.1, 0.15) is 6.54 Å². The molecule has 24 heavy (non-hydrogen) atoms. The summed E-state index contributed by atoms with van der Waals surface area (Å²) in [5.74, 6) is -2.68. The van der Waals surface area contributed by atoms with Crippen molar-refractivity contribution in [1.82, 2.24) is 5.32 Å². The van der Waals surface area contributed by atoms with E-state index in [4.69, 9.17) is 0 Å². The van der Waals surface area contributed by atoms with Gasteiger partial charge >= 0.3 is 0 Å². The van der Waals surface area contributed by atoms with Crippen molar-refractivity contribution in [1.29, 1.82) is 0 Å². The predicted molar refractivity (Wildman–Crippen MR) is 88.2 cm³/mol. The minimum absolute atomic E-state index is 0.0337. The fourth-order valence-electron chi connectivity index (χ4n) is 2.87. The van der Waals surface area contributed by atoms with Gasteiger partial charge in [-0.2, -0.15) is 0 Å². The van der Waals surface area contributed by atoms with Crippen molar-refractivity contribution in [2.45, 2.75) is 44.6 Å². The summed E-state index contributed by atoms with van der Waals surface area (Å²) in [6.45, 7) is -0.458. The van der Waals surface area contributed by atoms with Crippen molar-refractivity contribution in [3.05, 3.63) is 29.8 Å². The van der Waals surface area contributed by atoms with Crippen LogP contribution in [0, 0.1) is 11.6 Å². The van der Waals surface area contributed by atoms with E-state index in [2.05, 4.69) is 5.32 Å². The Morgan fingerprint density at radius 2 is 1.79 bits per heavy atom. The van der Waals surface area contributed by atoms with Gasteiger partial charge in [0.2, 0.25) is 15.9 Å². The van der Waals surface area contributed by atoms with Crippen LogP contribution in [-0.4, -0.2) is 33.2 Å². The van der Waals surface area contributed by atoms with E-state index >= 15 is 0 Å². The molecule has 0 spiro atoms. The zero-order valence-electron chi connectivity index (χ0n) is 13.6. The Bertz CT molecular complexity index is 687. The van der Waals surface area contributed by atoms with E-state index < -0.39 is 34.1 Å². The van der Waals surface area contributed by atoms with E-state index in [9.17, 15) is 22.0 Å². The molecule has 1 fully saturated rings. The van der Waals surface area contributed by atoms with E-state index in [0.717, 1.165) is 67.3 Å². The monoisotopic (exact) mass is 360 g/mol. The summed E-state index contributed by atoms with van der Waals surface area (Å²) in [5, 5.41) is 2.84. The topological polar surface area (TPSA) is 66.5 Å². The molecule has 1 aromatic rings. The predicted octanol–water partition coefficient (Wildman–Crippen LogP) is 2.57. The van der Waals surface area contributed by atoms with Gasteiger partial charge in [-0.1, -0.05) is 25.7 Å². The minimum atomic E-state index is -3.81. The van der Waals surface area contributed by atoms with E-state index in [0.29, 0.717) is 0 Å². The summed E-state index contributed by atoms with van der Waals surface area (Å²) < 4.78 is 51.1. The quantitative estimate of drug-likeness (QED) is 0.821. The number of benzene rings is 1. The van der Waals surface area contributed by atoms with E-state index in [-0.39, 0.29) is 11.7 Å². The first-order valence-corrected chi connectivity index (χ1v) is 9.84. The molecule has 1 N–H and O–H groups in total. The number of hydrogen-bond acceptors (Lipinski definition) is 3. The van der Waals surface area contributed by atoms with Crippen molar-refractivity contribution in [2.24, 2.45) is 0 Å². The standard InChI is InChI=1S/C16H22F2N2O3S/c1-24(22,23)20(13-8-9-14(17)15(18)10-13)11-16(21)19-12-6-4-2-3-5-7-12/h8-10,12H,2-7,11H2,1H3,(H,19,21). The van der Waals surface area contributed by atoms with Gasteiger partial charge in [-0.15, -0.1) is 0 Å². The second kappa shape index (κ2) is 7.92. The molecule has 0 heterocycles. The van der Waals surface area contributed by atoms with Gasteiger partial charge in [0.15, 0.2) is 11.6 Å². The summed E-state index contributed by atoms with van der Waals surface area (Å²) in [6, 6.07) is 2.78. The SMILES string of the molecule is CS(=O)(=O)N(CC(=O)NC1CCCCCC1)c1ccc(F)c(F)c1. The Hall–Kier alpha value is -1.70. The van der Waals surface area contributed by atoms with Crippen LogP contribution in [-0.2, 0) is 14.8 Å². The van der Waals surface area contributed by atoms with Gasteiger partial charge < -0.3 is 5.32 Å². The molecule has 1 amide bonds. The zero-order chi connectivity index (χ0) is 17.7. The zero-order valence-corrected chi connectivity index (χ0v) is 14.4. The molecule has 0 aliphatic heterocycles. The molecule has 1 aliphatic carbocycles. The van der Waals surface area contributed by atoms with Gasteiger partial charge in [-0.05, 0) is 25.0 Å². The highest BCUT2D eigenvalue weighted by atomic mass is 32.2. The molecule has 0 bridgehead atoms. The summed E-state index contributed by atoms with van der Waals surface area (Å²) >= 11 is 0. The summed E-state index contributed by atoms with van der Waals surface area (Å²) in [5.41, 5.74) is -0.0765. The number of sulfonamides is 1. The Labute approximate surface area is 141 Å². The van der Waals surface area contributed by atoms with Crippen molar-refractivity contribution < 1.29 is 22.0 Å².